The van der Waals surface area contributed by atoms with E-state index >= 15 is 0 Å². The standard InChI is InChI=1S/C7H14O.C5H12O/c1-3-4-5-6-7(2)8;1-5(2)3-4-6/h3-6H2,1-2H3;5-6H,3-4H2,1-2H3. The van der Waals surface area contributed by atoms with Gasteiger partial charge in [-0.25, -0.2) is 0 Å². The maximum atomic E-state index is 10.3. The van der Waals surface area contributed by atoms with Crippen LogP contribution in [0.5, 0.6) is 0 Å². The molecule has 0 bridgehead atoms. The Hall–Kier alpha value is -0.370. The van der Waals surface area contributed by atoms with E-state index in [-0.39, 0.29) is 0 Å². The normalized spacial score (nSPS) is 9.57. The number of aliphatic hydroxyl groups excluding tert-OH is 1. The largest absolute Gasteiger partial charge is 0.396 e. The van der Waals surface area contributed by atoms with Gasteiger partial charge in [0.1, 0.15) is 5.78 Å². The topological polar surface area (TPSA) is 37.3 Å². The average molecular weight is 202 g/mol. The summed E-state index contributed by atoms with van der Waals surface area (Å²) in [7, 11) is 0. The molecule has 0 atom stereocenters. The van der Waals surface area contributed by atoms with E-state index in [1.165, 1.54) is 12.8 Å². The van der Waals surface area contributed by atoms with Crippen LogP contribution in [-0.2, 0) is 4.79 Å². The lowest BCUT2D eigenvalue weighted by Crippen LogP contribution is -1.89. The smallest absolute Gasteiger partial charge is 0.129 e. The third-order valence-electron chi connectivity index (χ3n) is 1.84. The van der Waals surface area contributed by atoms with Crippen molar-refractivity contribution in [2.45, 2.75) is 59.8 Å². The maximum absolute atomic E-state index is 10.3. The highest BCUT2D eigenvalue weighted by Crippen LogP contribution is 1.98. The number of hydrogen-bond donors (Lipinski definition) is 1. The highest BCUT2D eigenvalue weighted by molar-refractivity contribution is 5.75. The molecule has 0 aliphatic rings. The molecule has 0 unspecified atom stereocenters. The molecule has 1 N–H and O–H groups in total. The molecule has 0 spiro atoms. The highest BCUT2D eigenvalue weighted by Gasteiger charge is 1.89. The van der Waals surface area contributed by atoms with Crippen molar-refractivity contribution in [1.29, 1.82) is 0 Å². The van der Waals surface area contributed by atoms with Gasteiger partial charge in [-0.1, -0.05) is 33.6 Å². The van der Waals surface area contributed by atoms with Gasteiger partial charge < -0.3 is 9.90 Å². The van der Waals surface area contributed by atoms with Crippen molar-refractivity contribution in [3.05, 3.63) is 0 Å². The molecule has 0 aliphatic heterocycles. The molecule has 14 heavy (non-hydrogen) atoms. The molecule has 2 nitrogen and oxygen atoms in total. The first-order valence-electron chi connectivity index (χ1n) is 5.64. The van der Waals surface area contributed by atoms with Gasteiger partial charge in [0.25, 0.3) is 0 Å². The van der Waals surface area contributed by atoms with Gasteiger partial charge in [0.15, 0.2) is 0 Å². The lowest BCUT2D eigenvalue weighted by molar-refractivity contribution is -0.117. The van der Waals surface area contributed by atoms with Crippen LogP contribution in [0.1, 0.15) is 59.8 Å². The van der Waals surface area contributed by atoms with Crippen LogP contribution in [0, 0.1) is 5.92 Å². The van der Waals surface area contributed by atoms with Crippen LogP contribution in [0.2, 0.25) is 0 Å². The Morgan fingerprint density at radius 1 is 1.29 bits per heavy atom. The number of aliphatic hydroxyl groups is 1. The predicted molar refractivity (Wildman–Crippen MR) is 61.4 cm³/mol. The van der Waals surface area contributed by atoms with Crippen molar-refractivity contribution in [2.75, 3.05) is 6.61 Å². The molecule has 0 heterocycles. The van der Waals surface area contributed by atoms with Gasteiger partial charge in [-0.3, -0.25) is 0 Å². The summed E-state index contributed by atoms with van der Waals surface area (Å²) in [6.45, 7) is 8.31. The van der Waals surface area contributed by atoms with Gasteiger partial charge >= 0.3 is 0 Å². The first kappa shape index (κ1) is 16.1. The SMILES string of the molecule is CC(C)CCO.CCCCCC(C)=O. The molecule has 0 saturated heterocycles. The van der Waals surface area contributed by atoms with Crippen LogP contribution in [-0.4, -0.2) is 17.5 Å². The zero-order chi connectivity index (χ0) is 11.4. The number of ketones is 1. The van der Waals surface area contributed by atoms with Crippen LogP contribution in [0.25, 0.3) is 0 Å². The number of unbranched alkanes of at least 4 members (excludes halogenated alkanes) is 2. The Labute approximate surface area is 88.7 Å². The predicted octanol–water partition coefficient (Wildman–Crippen LogP) is 3.18. The summed E-state index contributed by atoms with van der Waals surface area (Å²) in [5.41, 5.74) is 0. The minimum Gasteiger partial charge on any atom is -0.396 e. The minimum absolute atomic E-state index is 0.318. The summed E-state index contributed by atoms with van der Waals surface area (Å²) >= 11 is 0. The third-order valence-corrected chi connectivity index (χ3v) is 1.84. The van der Waals surface area contributed by atoms with Gasteiger partial charge in [-0.05, 0) is 25.7 Å². The molecule has 0 aliphatic carbocycles. The molecule has 2 heteroatoms. The van der Waals surface area contributed by atoms with E-state index in [0.29, 0.717) is 18.3 Å². The number of Topliss-reactive ketones (excluding diaryl/α,β-unsaturated/α-hetero) is 1. The van der Waals surface area contributed by atoms with Crippen LogP contribution >= 0.6 is 0 Å². The van der Waals surface area contributed by atoms with Gasteiger partial charge in [-0.15, -0.1) is 0 Å². The number of rotatable bonds is 6. The molecule has 0 aromatic carbocycles. The van der Waals surface area contributed by atoms with Crippen LogP contribution in [0.3, 0.4) is 0 Å². The summed E-state index contributed by atoms with van der Waals surface area (Å²) in [6.07, 6.45) is 5.17. The second kappa shape index (κ2) is 12.6. The molecular formula is C12H26O2. The van der Waals surface area contributed by atoms with E-state index in [9.17, 15) is 4.79 Å². The molecular weight excluding hydrogens is 176 g/mol. The molecule has 0 aromatic heterocycles. The molecule has 0 rings (SSSR count). The van der Waals surface area contributed by atoms with Gasteiger partial charge in [0, 0.05) is 13.0 Å². The van der Waals surface area contributed by atoms with E-state index in [1.807, 2.05) is 0 Å². The molecule has 0 aromatic rings. The van der Waals surface area contributed by atoms with Gasteiger partial charge in [0.05, 0.1) is 0 Å². The lowest BCUT2D eigenvalue weighted by Gasteiger charge is -1.95. The number of hydrogen-bond acceptors (Lipinski definition) is 2. The minimum atomic E-state index is 0.318. The fraction of sp³-hybridized carbons (Fsp3) is 0.917. The van der Waals surface area contributed by atoms with Crippen molar-refractivity contribution in [2.24, 2.45) is 5.92 Å². The Morgan fingerprint density at radius 3 is 2.07 bits per heavy atom. The lowest BCUT2D eigenvalue weighted by atomic mass is 10.2. The summed E-state index contributed by atoms with van der Waals surface area (Å²) in [4.78, 5) is 10.3. The van der Waals surface area contributed by atoms with E-state index in [2.05, 4.69) is 20.8 Å². The summed E-state index contributed by atoms with van der Waals surface area (Å²) in [6, 6.07) is 0. The molecule has 0 radical (unpaired) electrons. The van der Waals surface area contributed by atoms with E-state index < -0.39 is 0 Å². The first-order chi connectivity index (χ1) is 6.54. The fourth-order valence-electron chi connectivity index (χ4n) is 0.882. The first-order valence-corrected chi connectivity index (χ1v) is 5.64. The van der Waals surface area contributed by atoms with Gasteiger partial charge in [0.2, 0.25) is 0 Å². The van der Waals surface area contributed by atoms with Crippen LogP contribution in [0.15, 0.2) is 0 Å². The molecule has 0 fully saturated rings. The van der Waals surface area contributed by atoms with Crippen molar-refractivity contribution in [3.63, 3.8) is 0 Å². The Morgan fingerprint density at radius 2 is 1.86 bits per heavy atom. The second-order valence-corrected chi connectivity index (χ2v) is 4.07. The quantitative estimate of drug-likeness (QED) is 0.672. The van der Waals surface area contributed by atoms with E-state index in [0.717, 1.165) is 19.3 Å². The Balaban J connectivity index is 0. The van der Waals surface area contributed by atoms with E-state index in [1.54, 1.807) is 6.92 Å². The molecule has 0 saturated carbocycles. The average Bonchev–Trinajstić information content (AvgIpc) is 2.05. The van der Waals surface area contributed by atoms with E-state index in [4.69, 9.17) is 5.11 Å². The summed E-state index contributed by atoms with van der Waals surface area (Å²) < 4.78 is 0. The van der Waals surface area contributed by atoms with Crippen molar-refractivity contribution >= 4 is 5.78 Å². The van der Waals surface area contributed by atoms with Crippen molar-refractivity contribution in [1.82, 2.24) is 0 Å². The van der Waals surface area contributed by atoms with Gasteiger partial charge in [-0.2, -0.15) is 0 Å². The number of carbonyl (C=O) groups excluding carboxylic acids is 1. The number of carbonyl (C=O) groups is 1. The zero-order valence-electron chi connectivity index (χ0n) is 10.2. The Bertz CT molecular complexity index is 119. The van der Waals surface area contributed by atoms with Crippen molar-refractivity contribution in [3.8, 4) is 0 Å². The third kappa shape index (κ3) is 22.6. The summed E-state index contributed by atoms with van der Waals surface area (Å²) in [5, 5.41) is 8.24. The van der Waals surface area contributed by atoms with Crippen molar-refractivity contribution < 1.29 is 9.90 Å². The maximum Gasteiger partial charge on any atom is 0.129 e. The second-order valence-electron chi connectivity index (χ2n) is 4.07. The Kier molecular flexibility index (Phi) is 14.5. The summed E-state index contributed by atoms with van der Waals surface area (Å²) in [5.74, 6) is 0.966. The molecule has 0 amide bonds. The highest BCUT2D eigenvalue weighted by atomic mass is 16.3. The zero-order valence-corrected chi connectivity index (χ0v) is 10.2. The fourth-order valence-corrected chi connectivity index (χ4v) is 0.882. The molecule has 86 valence electrons. The monoisotopic (exact) mass is 202 g/mol. The van der Waals surface area contributed by atoms with Crippen LogP contribution < -0.4 is 0 Å². The van der Waals surface area contributed by atoms with Crippen LogP contribution in [0.4, 0.5) is 0 Å².